The lowest BCUT2D eigenvalue weighted by molar-refractivity contribution is -0.0515. The van der Waals surface area contributed by atoms with E-state index in [2.05, 4.69) is 9.72 Å². The van der Waals surface area contributed by atoms with Gasteiger partial charge in [0.1, 0.15) is 0 Å². The van der Waals surface area contributed by atoms with Crippen LogP contribution >= 0.6 is 0 Å². The minimum atomic E-state index is -2.88. The highest BCUT2D eigenvalue weighted by molar-refractivity contribution is 5.71. The molecular weight excluding hydrogens is 328 g/mol. The summed E-state index contributed by atoms with van der Waals surface area (Å²) in [6.07, 6.45) is 7.65. The van der Waals surface area contributed by atoms with Crippen LogP contribution < -0.4 is 14.2 Å². The molecule has 132 valence electrons. The second-order valence-electron chi connectivity index (χ2n) is 5.80. The maximum atomic E-state index is 12.5. The smallest absolute Gasteiger partial charge is 0.387 e. The van der Waals surface area contributed by atoms with Crippen molar-refractivity contribution in [2.75, 3.05) is 13.7 Å². The zero-order valence-electron chi connectivity index (χ0n) is 13.8. The number of nitrogens with zero attached hydrogens (tertiary/aromatic N) is 1. The first-order chi connectivity index (χ1) is 12.1. The molecule has 4 nitrogen and oxygen atoms in total. The van der Waals surface area contributed by atoms with Gasteiger partial charge < -0.3 is 14.2 Å². The predicted octanol–water partition coefficient (Wildman–Crippen LogP) is 4.65. The number of hydrogen-bond donors (Lipinski definition) is 0. The molecule has 2 aromatic rings. The number of hydrogen-bond acceptors (Lipinski definition) is 4. The van der Waals surface area contributed by atoms with Gasteiger partial charge in [-0.25, -0.2) is 4.98 Å². The van der Waals surface area contributed by atoms with Gasteiger partial charge in [0.15, 0.2) is 11.5 Å². The Balaban J connectivity index is 1.77. The van der Waals surface area contributed by atoms with Crippen molar-refractivity contribution in [2.24, 2.45) is 5.92 Å². The lowest BCUT2D eigenvalue weighted by Gasteiger charge is -2.12. The van der Waals surface area contributed by atoms with Crippen molar-refractivity contribution >= 4 is 12.2 Å². The minimum absolute atomic E-state index is 0.0541. The minimum Gasteiger partial charge on any atom is -0.489 e. The van der Waals surface area contributed by atoms with Gasteiger partial charge in [0.2, 0.25) is 5.88 Å². The fraction of sp³-hybridized carbons (Fsp3) is 0.316. The van der Waals surface area contributed by atoms with Crippen LogP contribution in [-0.2, 0) is 0 Å². The van der Waals surface area contributed by atoms with E-state index in [9.17, 15) is 8.78 Å². The van der Waals surface area contributed by atoms with E-state index in [0.717, 1.165) is 24.0 Å². The summed E-state index contributed by atoms with van der Waals surface area (Å²) in [6.45, 7) is -2.36. The molecule has 1 fully saturated rings. The van der Waals surface area contributed by atoms with Crippen LogP contribution in [0.2, 0.25) is 0 Å². The predicted molar refractivity (Wildman–Crippen MR) is 91.0 cm³/mol. The van der Waals surface area contributed by atoms with Gasteiger partial charge in [-0.05, 0) is 48.1 Å². The highest BCUT2D eigenvalue weighted by Gasteiger charge is 2.23. The van der Waals surface area contributed by atoms with Crippen molar-refractivity contribution in [1.29, 1.82) is 0 Å². The number of aromatic nitrogens is 1. The van der Waals surface area contributed by atoms with E-state index in [4.69, 9.17) is 9.47 Å². The van der Waals surface area contributed by atoms with Gasteiger partial charge >= 0.3 is 6.61 Å². The highest BCUT2D eigenvalue weighted by Crippen LogP contribution is 2.34. The van der Waals surface area contributed by atoms with Crippen LogP contribution in [0.25, 0.3) is 12.2 Å². The molecule has 0 bridgehead atoms. The number of benzene rings is 1. The normalized spacial score (nSPS) is 14.1. The molecule has 1 aliphatic rings. The fourth-order valence-electron chi connectivity index (χ4n) is 2.26. The van der Waals surface area contributed by atoms with Crippen LogP contribution in [0, 0.1) is 5.92 Å². The van der Waals surface area contributed by atoms with Crippen molar-refractivity contribution in [3.63, 3.8) is 0 Å². The third kappa shape index (κ3) is 5.17. The Morgan fingerprint density at radius 3 is 2.56 bits per heavy atom. The summed E-state index contributed by atoms with van der Waals surface area (Å²) in [4.78, 5) is 4.05. The Kier molecular flexibility index (Phi) is 5.48. The van der Waals surface area contributed by atoms with Crippen LogP contribution in [-0.4, -0.2) is 25.3 Å². The molecular formula is C19H19F2NO3. The summed E-state index contributed by atoms with van der Waals surface area (Å²) in [5.74, 6) is 1.43. The molecule has 6 heteroatoms. The summed E-state index contributed by atoms with van der Waals surface area (Å²) in [6, 6.07) is 8.56. The molecule has 0 radical (unpaired) electrons. The Hall–Kier alpha value is -2.63. The number of alkyl halides is 2. The van der Waals surface area contributed by atoms with Crippen LogP contribution in [0.15, 0.2) is 36.5 Å². The summed E-state index contributed by atoms with van der Waals surface area (Å²) in [7, 11) is 1.56. The van der Waals surface area contributed by atoms with Crippen molar-refractivity contribution in [2.45, 2.75) is 19.5 Å². The van der Waals surface area contributed by atoms with Gasteiger partial charge in [0.05, 0.1) is 13.7 Å². The van der Waals surface area contributed by atoms with Crippen LogP contribution in [0.3, 0.4) is 0 Å². The Morgan fingerprint density at radius 2 is 1.88 bits per heavy atom. The van der Waals surface area contributed by atoms with Crippen LogP contribution in [0.5, 0.6) is 17.4 Å². The fourth-order valence-corrected chi connectivity index (χ4v) is 2.26. The highest BCUT2D eigenvalue weighted by atomic mass is 19.3. The molecule has 25 heavy (non-hydrogen) atoms. The number of rotatable bonds is 8. The summed E-state index contributed by atoms with van der Waals surface area (Å²) < 4.78 is 40.4. The van der Waals surface area contributed by atoms with E-state index in [-0.39, 0.29) is 5.75 Å². The zero-order valence-corrected chi connectivity index (χ0v) is 13.8. The third-order valence-corrected chi connectivity index (χ3v) is 3.79. The monoisotopic (exact) mass is 347 g/mol. The van der Waals surface area contributed by atoms with Crippen molar-refractivity contribution < 1.29 is 23.0 Å². The Bertz CT molecular complexity index is 745. The largest absolute Gasteiger partial charge is 0.489 e. The molecule has 0 amide bonds. The summed E-state index contributed by atoms with van der Waals surface area (Å²) in [5.41, 5.74) is 1.74. The van der Waals surface area contributed by atoms with Gasteiger partial charge in [-0.15, -0.1) is 0 Å². The summed E-state index contributed by atoms with van der Waals surface area (Å²) >= 11 is 0. The number of ether oxygens (including phenoxy) is 3. The molecule has 1 saturated carbocycles. The van der Waals surface area contributed by atoms with Gasteiger partial charge in [-0.2, -0.15) is 8.78 Å². The number of halogens is 2. The Morgan fingerprint density at radius 1 is 1.12 bits per heavy atom. The Labute approximate surface area is 145 Å². The molecule has 0 saturated heterocycles. The maximum absolute atomic E-state index is 12.5. The van der Waals surface area contributed by atoms with E-state index in [0.29, 0.717) is 24.2 Å². The zero-order chi connectivity index (χ0) is 17.6. The van der Waals surface area contributed by atoms with Crippen LogP contribution in [0.4, 0.5) is 8.78 Å². The molecule has 0 atom stereocenters. The lowest BCUT2D eigenvalue weighted by atomic mass is 10.1. The first-order valence-electron chi connectivity index (χ1n) is 8.04. The van der Waals surface area contributed by atoms with E-state index < -0.39 is 6.61 Å². The average molecular weight is 347 g/mol. The first-order valence-corrected chi connectivity index (χ1v) is 8.04. The van der Waals surface area contributed by atoms with Gasteiger partial charge in [-0.1, -0.05) is 18.2 Å². The molecule has 1 heterocycles. The second kappa shape index (κ2) is 7.96. The maximum Gasteiger partial charge on any atom is 0.387 e. The SMILES string of the molecule is COc1cc(/C=C/c2ccc(OC(F)F)c(OCC3CC3)c2)ccn1. The van der Waals surface area contributed by atoms with Gasteiger partial charge in [0, 0.05) is 12.3 Å². The lowest BCUT2D eigenvalue weighted by Crippen LogP contribution is -2.06. The molecule has 3 rings (SSSR count). The van der Waals surface area contributed by atoms with Gasteiger partial charge in [0.25, 0.3) is 0 Å². The second-order valence-corrected chi connectivity index (χ2v) is 5.80. The molecule has 0 unspecified atom stereocenters. The van der Waals surface area contributed by atoms with Crippen molar-refractivity contribution in [1.82, 2.24) is 4.98 Å². The summed E-state index contributed by atoms with van der Waals surface area (Å²) in [5, 5.41) is 0. The first kappa shape index (κ1) is 17.2. The van der Waals surface area contributed by atoms with Crippen molar-refractivity contribution in [3.05, 3.63) is 47.7 Å². The van der Waals surface area contributed by atoms with E-state index in [1.165, 1.54) is 6.07 Å². The van der Waals surface area contributed by atoms with E-state index in [1.807, 2.05) is 18.2 Å². The van der Waals surface area contributed by atoms with Gasteiger partial charge in [-0.3, -0.25) is 0 Å². The average Bonchev–Trinajstić information content (AvgIpc) is 3.44. The molecule has 1 aromatic carbocycles. The number of methoxy groups -OCH3 is 1. The third-order valence-electron chi connectivity index (χ3n) is 3.79. The van der Waals surface area contributed by atoms with E-state index >= 15 is 0 Å². The molecule has 1 aliphatic carbocycles. The molecule has 0 aliphatic heterocycles. The van der Waals surface area contributed by atoms with Crippen LogP contribution in [0.1, 0.15) is 24.0 Å². The molecule has 0 N–H and O–H groups in total. The molecule has 0 spiro atoms. The quantitative estimate of drug-likeness (QED) is 0.697. The number of pyridine rings is 1. The van der Waals surface area contributed by atoms with E-state index in [1.54, 1.807) is 31.5 Å². The molecule has 1 aromatic heterocycles. The van der Waals surface area contributed by atoms with Crippen molar-refractivity contribution in [3.8, 4) is 17.4 Å². The standard InChI is InChI=1S/C19H19F2NO3/c1-23-18-11-14(8-9-22-18)3-2-13-6-7-16(25-19(20)21)17(10-13)24-12-15-4-5-15/h2-3,6-11,15,19H,4-5,12H2,1H3/b3-2+. The topological polar surface area (TPSA) is 40.6 Å².